The molecule has 2 amide bonds. The zero-order valence-corrected chi connectivity index (χ0v) is 22.6. The van der Waals surface area contributed by atoms with Crippen LogP contribution in [0.25, 0.3) is 0 Å². The summed E-state index contributed by atoms with van der Waals surface area (Å²) >= 11 is 1.50. The van der Waals surface area contributed by atoms with Crippen molar-refractivity contribution in [2.45, 2.75) is 25.4 Å². The van der Waals surface area contributed by atoms with Gasteiger partial charge in [0.25, 0.3) is 5.91 Å². The Morgan fingerprint density at radius 2 is 1.69 bits per heavy atom. The monoisotopic (exact) mass is 542 g/mol. The summed E-state index contributed by atoms with van der Waals surface area (Å²) in [4.78, 5) is 28.3. The zero-order valence-electron chi connectivity index (χ0n) is 21.8. The van der Waals surface area contributed by atoms with Gasteiger partial charge in [-0.2, -0.15) is 0 Å². The molecule has 0 fully saturated rings. The molecule has 7 nitrogen and oxygen atoms in total. The molecule has 2 atom stereocenters. The normalized spacial score (nSPS) is 13.7. The number of fused-ring (bicyclic) bond motifs is 1. The number of nitrogens with one attached hydrogen (secondary N) is 2. The summed E-state index contributed by atoms with van der Waals surface area (Å²) in [5.74, 6) is 0.754. The first-order valence-corrected chi connectivity index (χ1v) is 13.6. The zero-order chi connectivity index (χ0) is 27.2. The summed E-state index contributed by atoms with van der Waals surface area (Å²) in [6.07, 6.45) is 0. The molecule has 0 bridgehead atoms. The molecule has 39 heavy (non-hydrogen) atoms. The highest BCUT2D eigenvalue weighted by Gasteiger charge is 2.33. The Balaban J connectivity index is 1.44. The second-order valence-corrected chi connectivity index (χ2v) is 10.3. The van der Waals surface area contributed by atoms with E-state index in [1.807, 2.05) is 73.0 Å². The van der Waals surface area contributed by atoms with Crippen LogP contribution in [0.3, 0.4) is 0 Å². The largest absolute Gasteiger partial charge is 0.497 e. The number of benzene rings is 3. The molecule has 4 aromatic rings. The minimum Gasteiger partial charge on any atom is -0.497 e. The predicted octanol–water partition coefficient (Wildman–Crippen LogP) is 5.41. The average molecular weight is 543 g/mol. The van der Waals surface area contributed by atoms with Gasteiger partial charge >= 0.3 is 0 Å². The van der Waals surface area contributed by atoms with E-state index < -0.39 is 12.0 Å². The Morgan fingerprint density at radius 1 is 0.949 bits per heavy atom. The lowest BCUT2D eigenvalue weighted by atomic mass is 9.88. The third-order valence-corrected chi connectivity index (χ3v) is 7.57. The molecule has 0 spiro atoms. The Morgan fingerprint density at radius 3 is 2.38 bits per heavy atom. The summed E-state index contributed by atoms with van der Waals surface area (Å²) in [6, 6.07) is 23.8. The molecule has 1 aliphatic heterocycles. The number of carbonyl (C=O) groups excluding carboxylic acids is 2. The SMILES string of the molecule is COc1ccc(CNC(=O)C(c2ccc(C)cc2)C(NC(=O)c2ccc3c(c2)OCCO3)c2cccs2)cc1. The van der Waals surface area contributed by atoms with Gasteiger partial charge in [-0.25, -0.2) is 0 Å². The molecule has 200 valence electrons. The first kappa shape index (κ1) is 26.3. The van der Waals surface area contributed by atoms with Gasteiger partial charge in [-0.3, -0.25) is 9.59 Å². The van der Waals surface area contributed by atoms with E-state index in [0.717, 1.165) is 27.3 Å². The Hall–Kier alpha value is -4.30. The van der Waals surface area contributed by atoms with Crippen LogP contribution in [0.5, 0.6) is 17.2 Å². The highest BCUT2D eigenvalue weighted by molar-refractivity contribution is 7.10. The van der Waals surface area contributed by atoms with Crippen molar-refractivity contribution in [2.75, 3.05) is 20.3 Å². The van der Waals surface area contributed by atoms with Gasteiger partial charge in [-0.1, -0.05) is 48.0 Å². The van der Waals surface area contributed by atoms with Crippen molar-refractivity contribution in [3.8, 4) is 17.2 Å². The van der Waals surface area contributed by atoms with Crippen molar-refractivity contribution >= 4 is 23.2 Å². The summed E-state index contributed by atoms with van der Waals surface area (Å²) in [5.41, 5.74) is 3.28. The summed E-state index contributed by atoms with van der Waals surface area (Å²) in [5, 5.41) is 8.18. The lowest BCUT2D eigenvalue weighted by Gasteiger charge is -2.28. The molecular formula is C31H30N2O5S. The van der Waals surface area contributed by atoms with E-state index in [1.165, 1.54) is 11.3 Å². The molecular weight excluding hydrogens is 512 g/mol. The van der Waals surface area contributed by atoms with Gasteiger partial charge in [-0.05, 0) is 59.8 Å². The molecule has 0 saturated heterocycles. The Bertz CT molecular complexity index is 1420. The number of thiophene rings is 1. The van der Waals surface area contributed by atoms with E-state index in [9.17, 15) is 9.59 Å². The average Bonchev–Trinajstić information content (AvgIpc) is 3.51. The third-order valence-electron chi connectivity index (χ3n) is 6.62. The molecule has 2 heterocycles. The second-order valence-electron chi connectivity index (χ2n) is 9.28. The molecule has 0 aliphatic carbocycles. The van der Waals surface area contributed by atoms with Crippen LogP contribution in [0.1, 0.15) is 43.9 Å². The lowest BCUT2D eigenvalue weighted by Crippen LogP contribution is -2.39. The van der Waals surface area contributed by atoms with E-state index in [-0.39, 0.29) is 11.8 Å². The van der Waals surface area contributed by atoms with Crippen LogP contribution >= 0.6 is 11.3 Å². The number of aryl methyl sites for hydroxylation is 1. The van der Waals surface area contributed by atoms with Crippen LogP contribution in [0, 0.1) is 6.92 Å². The molecule has 2 unspecified atom stereocenters. The van der Waals surface area contributed by atoms with Crippen LogP contribution in [-0.2, 0) is 11.3 Å². The summed E-state index contributed by atoms with van der Waals surface area (Å²) in [7, 11) is 1.62. The van der Waals surface area contributed by atoms with Crippen LogP contribution in [-0.4, -0.2) is 32.1 Å². The number of rotatable bonds is 9. The van der Waals surface area contributed by atoms with Gasteiger partial charge in [-0.15, -0.1) is 11.3 Å². The van der Waals surface area contributed by atoms with Crippen molar-refractivity contribution in [2.24, 2.45) is 0 Å². The van der Waals surface area contributed by atoms with Gasteiger partial charge < -0.3 is 24.8 Å². The van der Waals surface area contributed by atoms with Crippen LogP contribution < -0.4 is 24.8 Å². The Labute approximate surface area is 231 Å². The fourth-order valence-corrected chi connectivity index (χ4v) is 5.32. The van der Waals surface area contributed by atoms with E-state index in [0.29, 0.717) is 36.8 Å². The minimum absolute atomic E-state index is 0.185. The van der Waals surface area contributed by atoms with Gasteiger partial charge in [0.05, 0.1) is 19.1 Å². The van der Waals surface area contributed by atoms with Gasteiger partial charge in [0.2, 0.25) is 5.91 Å². The minimum atomic E-state index is -0.663. The van der Waals surface area contributed by atoms with E-state index in [1.54, 1.807) is 25.3 Å². The number of methoxy groups -OCH3 is 1. The number of carbonyl (C=O) groups is 2. The maximum absolute atomic E-state index is 13.9. The molecule has 1 aliphatic rings. The van der Waals surface area contributed by atoms with Crippen molar-refractivity contribution in [1.82, 2.24) is 10.6 Å². The fourth-order valence-electron chi connectivity index (χ4n) is 4.51. The van der Waals surface area contributed by atoms with Crippen molar-refractivity contribution in [3.63, 3.8) is 0 Å². The maximum atomic E-state index is 13.9. The quantitative estimate of drug-likeness (QED) is 0.296. The number of amides is 2. The highest BCUT2D eigenvalue weighted by Crippen LogP contribution is 2.36. The van der Waals surface area contributed by atoms with Crippen molar-refractivity contribution < 1.29 is 23.8 Å². The van der Waals surface area contributed by atoms with Gasteiger partial charge in [0, 0.05) is 17.0 Å². The molecule has 5 rings (SSSR count). The topological polar surface area (TPSA) is 85.9 Å². The molecule has 2 N–H and O–H groups in total. The van der Waals surface area contributed by atoms with Gasteiger partial charge in [0.1, 0.15) is 19.0 Å². The van der Waals surface area contributed by atoms with E-state index >= 15 is 0 Å². The number of hydrogen-bond acceptors (Lipinski definition) is 6. The number of hydrogen-bond donors (Lipinski definition) is 2. The fraction of sp³-hybridized carbons (Fsp3) is 0.226. The van der Waals surface area contributed by atoms with E-state index in [4.69, 9.17) is 14.2 Å². The van der Waals surface area contributed by atoms with Crippen LogP contribution in [0.4, 0.5) is 0 Å². The van der Waals surface area contributed by atoms with Crippen LogP contribution in [0.2, 0.25) is 0 Å². The first-order valence-electron chi connectivity index (χ1n) is 12.7. The standard InChI is InChI=1S/C31H30N2O5S/c1-20-5-9-22(10-6-20)28(31(35)32-19-21-7-12-24(36-2)13-8-21)29(27-4-3-17-39-27)33-30(34)23-11-14-25-26(18-23)38-16-15-37-25/h3-14,17-18,28-29H,15-16,19H2,1-2H3,(H,32,35)(H,33,34). The molecule has 1 aromatic heterocycles. The number of ether oxygens (including phenoxy) is 3. The molecule has 0 saturated carbocycles. The van der Waals surface area contributed by atoms with Crippen molar-refractivity contribution in [3.05, 3.63) is 111 Å². The van der Waals surface area contributed by atoms with Crippen molar-refractivity contribution in [1.29, 1.82) is 0 Å². The highest BCUT2D eigenvalue weighted by atomic mass is 32.1. The predicted molar refractivity (Wildman–Crippen MR) is 151 cm³/mol. The molecule has 3 aromatic carbocycles. The molecule has 8 heteroatoms. The second kappa shape index (κ2) is 12.0. The first-order chi connectivity index (χ1) is 19.0. The molecule has 0 radical (unpaired) electrons. The smallest absolute Gasteiger partial charge is 0.251 e. The summed E-state index contributed by atoms with van der Waals surface area (Å²) in [6.45, 7) is 3.25. The lowest BCUT2D eigenvalue weighted by molar-refractivity contribution is -0.123. The summed E-state index contributed by atoms with van der Waals surface area (Å²) < 4.78 is 16.5. The Kier molecular flexibility index (Phi) is 8.13. The third kappa shape index (κ3) is 6.23. The maximum Gasteiger partial charge on any atom is 0.251 e. The van der Waals surface area contributed by atoms with Gasteiger partial charge in [0.15, 0.2) is 11.5 Å². The van der Waals surface area contributed by atoms with E-state index in [2.05, 4.69) is 10.6 Å². The van der Waals surface area contributed by atoms with Crippen LogP contribution in [0.15, 0.2) is 84.2 Å².